The van der Waals surface area contributed by atoms with Crippen LogP contribution in [0.15, 0.2) is 176 Å². The molecule has 9 aromatic rings. The summed E-state index contributed by atoms with van der Waals surface area (Å²) in [5.74, 6) is 0.703. The van der Waals surface area contributed by atoms with Crippen LogP contribution in [0.4, 0.5) is 0 Å². The molecule has 0 aliphatic heterocycles. The first-order valence-electron chi connectivity index (χ1n) is 17.9. The van der Waals surface area contributed by atoms with Crippen LogP contribution in [0, 0.1) is 0 Å². The van der Waals surface area contributed by atoms with E-state index < -0.39 is 0 Å². The molecular weight excluding hydrogens is 631 g/mol. The van der Waals surface area contributed by atoms with Gasteiger partial charge in [-0.25, -0.2) is 9.97 Å². The summed E-state index contributed by atoms with van der Waals surface area (Å²) in [6.07, 6.45) is 0. The maximum atomic E-state index is 5.15. The molecule has 0 saturated carbocycles. The van der Waals surface area contributed by atoms with Gasteiger partial charge in [0.15, 0.2) is 5.82 Å². The van der Waals surface area contributed by atoms with E-state index in [2.05, 4.69) is 182 Å². The number of aromatic nitrogens is 3. The summed E-state index contributed by atoms with van der Waals surface area (Å²) < 4.78 is 2.41. The van der Waals surface area contributed by atoms with Crippen molar-refractivity contribution in [3.05, 3.63) is 187 Å². The topological polar surface area (TPSA) is 30.7 Å². The molecular formula is C49H35N3. The van der Waals surface area contributed by atoms with Gasteiger partial charge in [0, 0.05) is 38.6 Å². The second kappa shape index (κ2) is 11.8. The second-order valence-corrected chi connectivity index (χ2v) is 14.2. The Morgan fingerprint density at radius 1 is 0.442 bits per heavy atom. The van der Waals surface area contributed by atoms with Crippen molar-refractivity contribution in [1.82, 2.24) is 14.5 Å². The first-order chi connectivity index (χ1) is 25.5. The van der Waals surface area contributed by atoms with Gasteiger partial charge >= 0.3 is 0 Å². The lowest BCUT2D eigenvalue weighted by Gasteiger charge is -2.21. The number of para-hydroxylation sites is 1. The number of hydrogen-bond donors (Lipinski definition) is 0. The monoisotopic (exact) mass is 665 g/mol. The summed E-state index contributed by atoms with van der Waals surface area (Å²) in [6.45, 7) is 4.70. The highest BCUT2D eigenvalue weighted by Gasteiger charge is 2.37. The van der Waals surface area contributed by atoms with E-state index in [0.29, 0.717) is 5.82 Å². The molecule has 0 unspecified atom stereocenters. The molecule has 246 valence electrons. The molecule has 1 aliphatic rings. The summed E-state index contributed by atoms with van der Waals surface area (Å²) in [5, 5.41) is 2.59. The fraction of sp³-hybridized carbons (Fsp3) is 0.0612. The van der Waals surface area contributed by atoms with Gasteiger partial charge in [0.05, 0.1) is 22.4 Å². The Labute approximate surface area is 303 Å². The van der Waals surface area contributed by atoms with Crippen molar-refractivity contribution >= 4 is 21.8 Å². The van der Waals surface area contributed by atoms with Gasteiger partial charge in [0.2, 0.25) is 0 Å². The maximum absolute atomic E-state index is 5.15. The highest BCUT2D eigenvalue weighted by atomic mass is 15.0. The van der Waals surface area contributed by atoms with E-state index in [1.54, 1.807) is 0 Å². The van der Waals surface area contributed by atoms with Crippen LogP contribution in [0.2, 0.25) is 0 Å². The van der Waals surface area contributed by atoms with Crippen LogP contribution in [0.1, 0.15) is 25.0 Å². The summed E-state index contributed by atoms with van der Waals surface area (Å²) in [6, 6.07) is 62.7. The van der Waals surface area contributed by atoms with Crippen LogP contribution in [0.25, 0.3) is 83.6 Å². The minimum atomic E-state index is -0.0535. The molecule has 52 heavy (non-hydrogen) atoms. The summed E-state index contributed by atoms with van der Waals surface area (Å²) in [5.41, 5.74) is 16.2. The SMILES string of the molecule is CC1(C)c2ccccc2-c2c1ccc1c2c2ccccc2n1-c1ccc(-c2nc(-c3ccccc3)cc(-c3ccc(-c4ccccc4)cc3)n2)cc1. The molecule has 1 aliphatic carbocycles. The Balaban J connectivity index is 1.09. The molecule has 3 nitrogen and oxygen atoms in total. The van der Waals surface area contributed by atoms with E-state index in [1.807, 2.05) is 12.1 Å². The predicted octanol–water partition coefficient (Wildman–Crippen LogP) is 12.5. The molecule has 3 heteroatoms. The minimum Gasteiger partial charge on any atom is -0.309 e. The first-order valence-corrected chi connectivity index (χ1v) is 17.9. The Kier molecular flexibility index (Phi) is 6.84. The fourth-order valence-electron chi connectivity index (χ4n) is 8.24. The van der Waals surface area contributed by atoms with Gasteiger partial charge in [0.1, 0.15) is 0 Å². The molecule has 10 rings (SSSR count). The summed E-state index contributed by atoms with van der Waals surface area (Å²) in [4.78, 5) is 10.3. The van der Waals surface area contributed by atoms with Crippen LogP contribution < -0.4 is 0 Å². The molecule has 2 aromatic heterocycles. The number of benzene rings is 7. The van der Waals surface area contributed by atoms with Crippen molar-refractivity contribution in [2.24, 2.45) is 0 Å². The third kappa shape index (κ3) is 4.74. The first kappa shape index (κ1) is 30.3. The normalized spacial score (nSPS) is 13.0. The van der Waals surface area contributed by atoms with Crippen molar-refractivity contribution < 1.29 is 0 Å². The molecule has 7 aromatic carbocycles. The smallest absolute Gasteiger partial charge is 0.160 e. The van der Waals surface area contributed by atoms with E-state index in [9.17, 15) is 0 Å². The van der Waals surface area contributed by atoms with Crippen LogP contribution in [-0.2, 0) is 5.41 Å². The van der Waals surface area contributed by atoms with Gasteiger partial charge in [0.25, 0.3) is 0 Å². The molecule has 0 fully saturated rings. The van der Waals surface area contributed by atoms with Crippen LogP contribution >= 0.6 is 0 Å². The molecule has 0 radical (unpaired) electrons. The lowest BCUT2D eigenvalue weighted by molar-refractivity contribution is 0.661. The zero-order valence-corrected chi connectivity index (χ0v) is 29.1. The Bertz CT molecular complexity index is 2780. The summed E-state index contributed by atoms with van der Waals surface area (Å²) >= 11 is 0. The van der Waals surface area contributed by atoms with E-state index in [4.69, 9.17) is 9.97 Å². The number of fused-ring (bicyclic) bond motifs is 7. The van der Waals surface area contributed by atoms with Crippen molar-refractivity contribution in [2.45, 2.75) is 19.3 Å². The van der Waals surface area contributed by atoms with Gasteiger partial charge in [-0.15, -0.1) is 0 Å². The Morgan fingerprint density at radius 3 is 1.73 bits per heavy atom. The number of hydrogen-bond acceptors (Lipinski definition) is 2. The Hall–Kier alpha value is -6.58. The number of rotatable bonds is 5. The van der Waals surface area contributed by atoms with Crippen molar-refractivity contribution in [1.29, 1.82) is 0 Å². The molecule has 0 N–H and O–H groups in total. The lowest BCUT2D eigenvalue weighted by atomic mass is 9.82. The van der Waals surface area contributed by atoms with Crippen molar-refractivity contribution in [3.63, 3.8) is 0 Å². The van der Waals surface area contributed by atoms with Crippen molar-refractivity contribution in [3.8, 4) is 61.8 Å². The van der Waals surface area contributed by atoms with E-state index in [0.717, 1.165) is 33.8 Å². The number of nitrogens with zero attached hydrogens (tertiary/aromatic N) is 3. The minimum absolute atomic E-state index is 0.0535. The van der Waals surface area contributed by atoms with Gasteiger partial charge in [-0.1, -0.05) is 147 Å². The predicted molar refractivity (Wildman–Crippen MR) is 216 cm³/mol. The zero-order valence-electron chi connectivity index (χ0n) is 29.1. The van der Waals surface area contributed by atoms with Crippen LogP contribution in [-0.4, -0.2) is 14.5 Å². The van der Waals surface area contributed by atoms with E-state index in [1.165, 1.54) is 55.2 Å². The second-order valence-electron chi connectivity index (χ2n) is 14.2. The molecule has 0 amide bonds. The van der Waals surface area contributed by atoms with E-state index >= 15 is 0 Å². The summed E-state index contributed by atoms with van der Waals surface area (Å²) in [7, 11) is 0. The highest BCUT2D eigenvalue weighted by Crippen LogP contribution is 2.53. The molecule has 0 atom stereocenters. The maximum Gasteiger partial charge on any atom is 0.160 e. The lowest BCUT2D eigenvalue weighted by Crippen LogP contribution is -2.14. The van der Waals surface area contributed by atoms with Crippen LogP contribution in [0.3, 0.4) is 0 Å². The standard InChI is InChI=1S/C49H35N3/c1-49(2)40-19-11-9-17-38(40)46-41(49)29-30-45-47(46)39-18-10-12-20-44(39)52(45)37-27-25-36(26-28-37)48-50-42(34-15-7-4-8-16-34)31-43(51-48)35-23-21-33(22-24-35)32-13-5-3-6-14-32/h3-31H,1-2H3. The molecule has 0 saturated heterocycles. The molecule has 0 bridgehead atoms. The van der Waals surface area contributed by atoms with Gasteiger partial charge < -0.3 is 4.57 Å². The van der Waals surface area contributed by atoms with Gasteiger partial charge in [-0.2, -0.15) is 0 Å². The average Bonchev–Trinajstić information content (AvgIpc) is 3.67. The van der Waals surface area contributed by atoms with Crippen LogP contribution in [0.5, 0.6) is 0 Å². The third-order valence-electron chi connectivity index (χ3n) is 10.8. The molecule has 0 spiro atoms. The van der Waals surface area contributed by atoms with Gasteiger partial charge in [-0.3, -0.25) is 0 Å². The Morgan fingerprint density at radius 2 is 1.00 bits per heavy atom. The largest absolute Gasteiger partial charge is 0.309 e. The van der Waals surface area contributed by atoms with Gasteiger partial charge in [-0.05, 0) is 75.8 Å². The quantitative estimate of drug-likeness (QED) is 0.183. The highest BCUT2D eigenvalue weighted by molar-refractivity contribution is 6.17. The average molecular weight is 666 g/mol. The third-order valence-corrected chi connectivity index (χ3v) is 10.8. The van der Waals surface area contributed by atoms with E-state index in [-0.39, 0.29) is 5.41 Å². The van der Waals surface area contributed by atoms with Crippen molar-refractivity contribution in [2.75, 3.05) is 0 Å². The fourth-order valence-corrected chi connectivity index (χ4v) is 8.24. The zero-order chi connectivity index (χ0) is 34.8. The molecule has 2 heterocycles.